The van der Waals surface area contributed by atoms with E-state index in [0.717, 1.165) is 16.9 Å². The maximum atomic E-state index is 5.61. The van der Waals surface area contributed by atoms with Crippen molar-refractivity contribution in [1.29, 1.82) is 0 Å². The Balaban J connectivity index is 2.33. The van der Waals surface area contributed by atoms with Crippen LogP contribution in [0.3, 0.4) is 0 Å². The third-order valence-electron chi connectivity index (χ3n) is 3.54. The Morgan fingerprint density at radius 3 is 1.71 bits per heavy atom. The van der Waals surface area contributed by atoms with E-state index in [4.69, 9.17) is 4.74 Å². The van der Waals surface area contributed by atoms with Crippen LogP contribution in [0.4, 0.5) is 0 Å². The molecule has 3 aromatic carbocycles. The number of ether oxygens (including phenoxy) is 1. The Morgan fingerprint density at radius 1 is 0.667 bits per heavy atom. The highest BCUT2D eigenvalue weighted by atomic mass is 31.0. The van der Waals surface area contributed by atoms with Crippen LogP contribution in [0, 0.1) is 0 Å². The summed E-state index contributed by atoms with van der Waals surface area (Å²) in [6.07, 6.45) is 0. The molecule has 21 heavy (non-hydrogen) atoms. The van der Waals surface area contributed by atoms with E-state index in [-0.39, 0.29) is 0 Å². The highest BCUT2D eigenvalue weighted by Gasteiger charge is 2.15. The second-order valence-electron chi connectivity index (χ2n) is 4.84. The Labute approximate surface area is 127 Å². The van der Waals surface area contributed by atoms with E-state index in [1.807, 2.05) is 18.2 Å². The maximum absolute atomic E-state index is 5.61. The molecule has 0 saturated heterocycles. The Morgan fingerprint density at radius 2 is 1.19 bits per heavy atom. The first-order valence-corrected chi connectivity index (χ1v) is 7.46. The fourth-order valence-corrected chi connectivity index (χ4v) is 2.98. The first-order chi connectivity index (χ1) is 10.3. The van der Waals surface area contributed by atoms with E-state index in [9.17, 15) is 0 Å². The lowest BCUT2D eigenvalue weighted by Gasteiger charge is -2.17. The number of methoxy groups -OCH3 is 1. The molecular formula is C19H17OP. The molecule has 0 fully saturated rings. The summed E-state index contributed by atoms with van der Waals surface area (Å²) in [4.78, 5) is 0. The molecule has 1 unspecified atom stereocenters. The van der Waals surface area contributed by atoms with Gasteiger partial charge in [-0.05, 0) is 22.5 Å². The molecule has 2 heteroatoms. The van der Waals surface area contributed by atoms with Crippen LogP contribution < -0.4 is 10.0 Å². The van der Waals surface area contributed by atoms with Crippen LogP contribution in [0.25, 0.3) is 22.3 Å². The van der Waals surface area contributed by atoms with Gasteiger partial charge in [0.15, 0.2) is 0 Å². The first kappa shape index (κ1) is 13.9. The zero-order valence-electron chi connectivity index (χ0n) is 11.9. The number of hydrogen-bond donors (Lipinski definition) is 0. The molecule has 0 bridgehead atoms. The van der Waals surface area contributed by atoms with E-state index in [1.54, 1.807) is 7.11 Å². The van der Waals surface area contributed by atoms with Gasteiger partial charge in [-0.1, -0.05) is 66.7 Å². The van der Waals surface area contributed by atoms with E-state index in [1.165, 1.54) is 16.4 Å². The smallest absolute Gasteiger partial charge is 0.127 e. The minimum atomic E-state index is 0.895. The summed E-state index contributed by atoms with van der Waals surface area (Å²) in [5.41, 5.74) is 4.70. The van der Waals surface area contributed by atoms with Gasteiger partial charge >= 0.3 is 0 Å². The molecule has 0 N–H and O–H groups in total. The SMILES string of the molecule is COc1ccc(P)c(-c2ccccc2)c1-c1ccccc1. The van der Waals surface area contributed by atoms with Crippen LogP contribution in [0.5, 0.6) is 5.75 Å². The fraction of sp³-hybridized carbons (Fsp3) is 0.0526. The summed E-state index contributed by atoms with van der Waals surface area (Å²) in [5.74, 6) is 0.895. The summed E-state index contributed by atoms with van der Waals surface area (Å²) in [5, 5.41) is 1.17. The van der Waals surface area contributed by atoms with Gasteiger partial charge in [0, 0.05) is 11.1 Å². The average molecular weight is 292 g/mol. The van der Waals surface area contributed by atoms with Crippen molar-refractivity contribution in [2.24, 2.45) is 0 Å². The molecule has 1 atom stereocenters. The summed E-state index contributed by atoms with van der Waals surface area (Å²) < 4.78 is 5.61. The lowest BCUT2D eigenvalue weighted by Crippen LogP contribution is -2.02. The zero-order valence-corrected chi connectivity index (χ0v) is 13.1. The molecule has 0 aliphatic heterocycles. The topological polar surface area (TPSA) is 9.23 Å². The Bertz CT molecular complexity index is 736. The molecule has 0 aromatic heterocycles. The van der Waals surface area contributed by atoms with Crippen LogP contribution in [0.2, 0.25) is 0 Å². The summed E-state index contributed by atoms with van der Waals surface area (Å²) in [7, 11) is 4.55. The van der Waals surface area contributed by atoms with E-state index in [0.29, 0.717) is 0 Å². The van der Waals surface area contributed by atoms with Crippen molar-refractivity contribution in [3.8, 4) is 28.0 Å². The molecule has 3 aromatic rings. The van der Waals surface area contributed by atoms with Crippen LogP contribution >= 0.6 is 9.24 Å². The van der Waals surface area contributed by atoms with Gasteiger partial charge in [-0.25, -0.2) is 0 Å². The number of rotatable bonds is 3. The van der Waals surface area contributed by atoms with Crippen molar-refractivity contribution < 1.29 is 4.74 Å². The molecule has 1 nitrogen and oxygen atoms in total. The molecule has 0 saturated carbocycles. The standard InChI is InChI=1S/C19H17OP/c1-20-16-12-13-17(21)19(15-10-6-3-7-11-15)18(16)14-8-4-2-5-9-14/h2-13H,21H2,1H3. The van der Waals surface area contributed by atoms with E-state index in [2.05, 4.69) is 63.8 Å². The van der Waals surface area contributed by atoms with E-state index < -0.39 is 0 Å². The van der Waals surface area contributed by atoms with Crippen LogP contribution in [-0.2, 0) is 0 Å². The normalized spacial score (nSPS) is 10.4. The third-order valence-corrected chi connectivity index (χ3v) is 4.03. The summed E-state index contributed by atoms with van der Waals surface area (Å²) in [6.45, 7) is 0. The van der Waals surface area contributed by atoms with Gasteiger partial charge in [0.2, 0.25) is 0 Å². The molecule has 0 aliphatic carbocycles. The van der Waals surface area contributed by atoms with Crippen molar-refractivity contribution in [2.75, 3.05) is 7.11 Å². The Kier molecular flexibility index (Phi) is 4.03. The zero-order chi connectivity index (χ0) is 14.7. The predicted octanol–water partition coefficient (Wildman–Crippen LogP) is 4.53. The molecule has 3 rings (SSSR count). The largest absolute Gasteiger partial charge is 0.496 e. The number of benzene rings is 3. The summed E-state index contributed by atoms with van der Waals surface area (Å²) in [6, 6.07) is 24.9. The molecule has 0 aliphatic rings. The molecular weight excluding hydrogens is 275 g/mol. The maximum Gasteiger partial charge on any atom is 0.127 e. The third kappa shape index (κ3) is 2.70. The first-order valence-electron chi connectivity index (χ1n) is 6.88. The van der Waals surface area contributed by atoms with E-state index >= 15 is 0 Å². The molecule has 0 amide bonds. The average Bonchev–Trinajstić information content (AvgIpc) is 2.56. The Hall–Kier alpha value is -2.11. The summed E-state index contributed by atoms with van der Waals surface area (Å²) >= 11 is 0. The van der Waals surface area contributed by atoms with Gasteiger partial charge < -0.3 is 4.74 Å². The van der Waals surface area contributed by atoms with Crippen molar-refractivity contribution in [3.63, 3.8) is 0 Å². The monoisotopic (exact) mass is 292 g/mol. The highest BCUT2D eigenvalue weighted by Crippen LogP contribution is 2.38. The van der Waals surface area contributed by atoms with Crippen molar-refractivity contribution in [3.05, 3.63) is 72.8 Å². The van der Waals surface area contributed by atoms with Gasteiger partial charge in [0.05, 0.1) is 7.11 Å². The minimum Gasteiger partial charge on any atom is -0.496 e. The second-order valence-corrected chi connectivity index (χ2v) is 5.46. The van der Waals surface area contributed by atoms with Gasteiger partial charge in [-0.3, -0.25) is 0 Å². The van der Waals surface area contributed by atoms with Gasteiger partial charge in [-0.15, -0.1) is 9.24 Å². The molecule has 0 spiro atoms. The van der Waals surface area contributed by atoms with Crippen molar-refractivity contribution in [2.45, 2.75) is 0 Å². The van der Waals surface area contributed by atoms with Crippen LogP contribution in [0.15, 0.2) is 72.8 Å². The molecule has 0 heterocycles. The highest BCUT2D eigenvalue weighted by molar-refractivity contribution is 7.28. The molecule has 0 radical (unpaired) electrons. The second kappa shape index (κ2) is 6.11. The lowest BCUT2D eigenvalue weighted by atomic mass is 9.93. The van der Waals surface area contributed by atoms with Crippen LogP contribution in [0.1, 0.15) is 0 Å². The van der Waals surface area contributed by atoms with Crippen LogP contribution in [-0.4, -0.2) is 7.11 Å². The lowest BCUT2D eigenvalue weighted by molar-refractivity contribution is 0.416. The van der Waals surface area contributed by atoms with Crippen molar-refractivity contribution >= 4 is 14.5 Å². The van der Waals surface area contributed by atoms with Gasteiger partial charge in [-0.2, -0.15) is 0 Å². The predicted molar refractivity (Wildman–Crippen MR) is 93.2 cm³/mol. The fourth-order valence-electron chi connectivity index (χ4n) is 2.58. The minimum absolute atomic E-state index is 0.895. The van der Waals surface area contributed by atoms with Gasteiger partial charge in [0.25, 0.3) is 0 Å². The van der Waals surface area contributed by atoms with Crippen molar-refractivity contribution in [1.82, 2.24) is 0 Å². The quantitative estimate of drug-likeness (QED) is 0.644. The number of hydrogen-bond acceptors (Lipinski definition) is 1. The molecule has 104 valence electrons. The van der Waals surface area contributed by atoms with Gasteiger partial charge in [0.1, 0.15) is 5.75 Å².